The Morgan fingerprint density at radius 1 is 0.911 bits per heavy atom. The maximum Gasteiger partial charge on any atom is 0.271 e. The van der Waals surface area contributed by atoms with Gasteiger partial charge in [-0.25, -0.2) is 8.42 Å². The van der Waals surface area contributed by atoms with Crippen LogP contribution in [0.1, 0.15) is 16.7 Å². The van der Waals surface area contributed by atoms with Gasteiger partial charge in [-0.2, -0.15) is 0 Å². The number of benzene rings is 3. The molecule has 1 saturated heterocycles. The fourth-order valence-electron chi connectivity index (χ4n) is 5.80. The van der Waals surface area contributed by atoms with Crippen molar-refractivity contribution >= 4 is 56.2 Å². The number of sulfonamides is 1. The summed E-state index contributed by atoms with van der Waals surface area (Å²) < 4.78 is 28.8. The van der Waals surface area contributed by atoms with E-state index >= 15 is 0 Å². The monoisotopic (exact) mass is 663 g/mol. The summed E-state index contributed by atoms with van der Waals surface area (Å²) in [5, 5.41) is 8.70. The first-order valence-corrected chi connectivity index (χ1v) is 17.5. The predicted octanol–water partition coefficient (Wildman–Crippen LogP) is 4.29. The van der Waals surface area contributed by atoms with Crippen LogP contribution in [0.25, 0.3) is 0 Å². The lowest BCUT2D eigenvalue weighted by molar-refractivity contribution is -0.137. The molecule has 4 aromatic rings. The highest BCUT2D eigenvalue weighted by Crippen LogP contribution is 2.30. The second-order valence-corrected chi connectivity index (χ2v) is 14.5. The zero-order valence-corrected chi connectivity index (χ0v) is 26.9. The largest absolute Gasteiger partial charge is 0.366 e. The molecule has 0 spiro atoms. The molecule has 2 aliphatic rings. The number of hydrogen-bond donors (Lipinski definition) is 3. The lowest BCUT2D eigenvalue weighted by Crippen LogP contribution is -2.58. The third-order valence-corrected chi connectivity index (χ3v) is 11.2. The van der Waals surface area contributed by atoms with Gasteiger partial charge in [0.25, 0.3) is 10.0 Å². The molecule has 1 fully saturated rings. The molecule has 45 heavy (non-hydrogen) atoms. The van der Waals surface area contributed by atoms with E-state index in [9.17, 15) is 18.0 Å². The molecule has 12 heteroatoms. The molecule has 2 unspecified atom stereocenters. The van der Waals surface area contributed by atoms with Gasteiger partial charge in [-0.1, -0.05) is 66.2 Å². The minimum atomic E-state index is -3.71. The molecule has 0 radical (unpaired) electrons. The van der Waals surface area contributed by atoms with Crippen LogP contribution in [0.5, 0.6) is 0 Å². The number of fused-ring (bicyclic) bond motifs is 1. The molecular weight excluding hydrogens is 630 g/mol. The van der Waals surface area contributed by atoms with Crippen LogP contribution in [-0.2, 0) is 39.0 Å². The summed E-state index contributed by atoms with van der Waals surface area (Å²) in [6, 6.07) is 24.7. The molecule has 3 heterocycles. The molecule has 0 bridgehead atoms. The number of amides is 2. The molecule has 9 nitrogen and oxygen atoms in total. The van der Waals surface area contributed by atoms with Crippen molar-refractivity contribution in [1.29, 1.82) is 0 Å². The molecule has 0 aliphatic carbocycles. The second kappa shape index (κ2) is 13.6. The van der Waals surface area contributed by atoms with E-state index in [0.717, 1.165) is 28.2 Å². The first-order chi connectivity index (χ1) is 21.8. The Kier molecular flexibility index (Phi) is 9.41. The van der Waals surface area contributed by atoms with Crippen molar-refractivity contribution in [3.63, 3.8) is 0 Å². The first kappa shape index (κ1) is 31.1. The SMILES string of the molecule is O=C(NC(Cc1ccc(Cl)cc1)C(=O)N1CCN(c2ccccc2NS(=O)(=O)c2cccs2)CC1)C1Cc2ccccc2CN1. The molecule has 3 N–H and O–H groups in total. The zero-order valence-electron chi connectivity index (χ0n) is 24.5. The smallest absolute Gasteiger partial charge is 0.271 e. The standard InChI is InChI=1S/C33H34ClN5O4S2/c34-26-13-11-23(12-14-26)20-29(36-32(40)28-21-24-6-1-2-7-25(24)22-35-28)33(41)39-17-15-38(16-18-39)30-9-4-3-8-27(30)37-45(42,43)31-10-5-19-44-31/h1-14,19,28-29,35,37H,15-18,20-22H2,(H,36,40). The number of anilines is 2. The maximum absolute atomic E-state index is 14.0. The van der Waals surface area contributed by atoms with Crippen molar-refractivity contribution in [2.75, 3.05) is 35.8 Å². The van der Waals surface area contributed by atoms with E-state index in [2.05, 4.69) is 26.3 Å². The lowest BCUT2D eigenvalue weighted by atomic mass is 9.95. The molecule has 2 aliphatic heterocycles. The number of para-hydroxylation sites is 2. The van der Waals surface area contributed by atoms with Crippen LogP contribution in [0.3, 0.4) is 0 Å². The van der Waals surface area contributed by atoms with Crippen molar-refractivity contribution in [3.8, 4) is 0 Å². The number of rotatable bonds is 9. The molecule has 6 rings (SSSR count). The highest BCUT2D eigenvalue weighted by atomic mass is 35.5. The fourth-order valence-corrected chi connectivity index (χ4v) is 8.00. The van der Waals surface area contributed by atoms with Gasteiger partial charge in [-0.05, 0) is 58.8 Å². The van der Waals surface area contributed by atoms with Crippen LogP contribution in [0.15, 0.2) is 94.5 Å². The van der Waals surface area contributed by atoms with Gasteiger partial charge in [0, 0.05) is 44.2 Å². The Bertz CT molecular complexity index is 1760. The summed E-state index contributed by atoms with van der Waals surface area (Å²) in [7, 11) is -3.71. The van der Waals surface area contributed by atoms with Crippen molar-refractivity contribution in [2.45, 2.75) is 35.7 Å². The van der Waals surface area contributed by atoms with Gasteiger partial charge < -0.3 is 20.4 Å². The fraction of sp³-hybridized carbons (Fsp3) is 0.273. The minimum Gasteiger partial charge on any atom is -0.366 e. The molecule has 3 aromatic carbocycles. The summed E-state index contributed by atoms with van der Waals surface area (Å²) in [5.74, 6) is -0.358. The Morgan fingerprint density at radius 3 is 2.36 bits per heavy atom. The Hall–Kier alpha value is -3.90. The number of halogens is 1. The number of nitrogens with one attached hydrogen (secondary N) is 3. The van der Waals surface area contributed by atoms with Gasteiger partial charge in [0.2, 0.25) is 11.8 Å². The van der Waals surface area contributed by atoms with Crippen LogP contribution >= 0.6 is 22.9 Å². The second-order valence-electron chi connectivity index (χ2n) is 11.2. The maximum atomic E-state index is 14.0. The topological polar surface area (TPSA) is 111 Å². The van der Waals surface area contributed by atoms with E-state index in [1.807, 2.05) is 42.5 Å². The third kappa shape index (κ3) is 7.33. The summed E-state index contributed by atoms with van der Waals surface area (Å²) in [6.07, 6.45) is 0.886. The van der Waals surface area contributed by atoms with E-state index in [4.69, 9.17) is 11.6 Å². The molecular formula is C33H34ClN5O4S2. The number of piperazine rings is 1. The lowest BCUT2D eigenvalue weighted by Gasteiger charge is -2.38. The van der Waals surface area contributed by atoms with Gasteiger partial charge in [0.15, 0.2) is 0 Å². The van der Waals surface area contributed by atoms with Crippen LogP contribution in [-0.4, -0.2) is 63.4 Å². The van der Waals surface area contributed by atoms with Gasteiger partial charge in [-0.15, -0.1) is 11.3 Å². The molecule has 2 amide bonds. The van der Waals surface area contributed by atoms with Crippen LogP contribution in [0.2, 0.25) is 5.02 Å². The first-order valence-electron chi connectivity index (χ1n) is 14.8. The number of thiophene rings is 1. The third-order valence-electron chi connectivity index (χ3n) is 8.21. The van der Waals surface area contributed by atoms with E-state index < -0.39 is 22.1 Å². The average Bonchev–Trinajstić information content (AvgIpc) is 3.62. The van der Waals surface area contributed by atoms with Crippen LogP contribution in [0, 0.1) is 0 Å². The van der Waals surface area contributed by atoms with Crippen LogP contribution < -0.4 is 20.3 Å². The van der Waals surface area contributed by atoms with Crippen molar-refractivity contribution in [2.24, 2.45) is 0 Å². The predicted molar refractivity (Wildman–Crippen MR) is 178 cm³/mol. The Balaban J connectivity index is 1.14. The zero-order chi connectivity index (χ0) is 31.4. The number of nitrogens with zero attached hydrogens (tertiary/aromatic N) is 2. The highest BCUT2D eigenvalue weighted by Gasteiger charge is 2.32. The van der Waals surface area contributed by atoms with Gasteiger partial charge in [-0.3, -0.25) is 14.3 Å². The Labute approximate surface area is 272 Å². The summed E-state index contributed by atoms with van der Waals surface area (Å²) in [6.45, 7) is 2.45. The summed E-state index contributed by atoms with van der Waals surface area (Å²) in [5.41, 5.74) is 4.44. The van der Waals surface area contributed by atoms with Crippen molar-refractivity contribution in [3.05, 3.63) is 112 Å². The average molecular weight is 664 g/mol. The molecule has 1 aromatic heterocycles. The molecule has 0 saturated carbocycles. The normalized spacial score (nSPS) is 17.3. The van der Waals surface area contributed by atoms with Gasteiger partial charge in [0.1, 0.15) is 10.3 Å². The van der Waals surface area contributed by atoms with Crippen molar-refractivity contribution in [1.82, 2.24) is 15.5 Å². The molecule has 2 atom stereocenters. The van der Waals surface area contributed by atoms with E-state index in [1.165, 1.54) is 5.56 Å². The number of carbonyl (C=O) groups excluding carboxylic acids is 2. The molecule has 234 valence electrons. The highest BCUT2D eigenvalue weighted by molar-refractivity contribution is 7.94. The van der Waals surface area contributed by atoms with Gasteiger partial charge in [0.05, 0.1) is 17.4 Å². The minimum absolute atomic E-state index is 0.152. The van der Waals surface area contributed by atoms with Crippen molar-refractivity contribution < 1.29 is 18.0 Å². The number of carbonyl (C=O) groups is 2. The van der Waals surface area contributed by atoms with Gasteiger partial charge >= 0.3 is 0 Å². The van der Waals surface area contributed by atoms with E-state index in [1.54, 1.807) is 46.7 Å². The van der Waals surface area contributed by atoms with E-state index in [-0.39, 0.29) is 16.0 Å². The summed E-state index contributed by atoms with van der Waals surface area (Å²) >= 11 is 7.26. The number of hydrogen-bond acceptors (Lipinski definition) is 7. The van der Waals surface area contributed by atoms with Crippen LogP contribution in [0.4, 0.5) is 11.4 Å². The quantitative estimate of drug-likeness (QED) is 0.247. The van der Waals surface area contributed by atoms with E-state index in [0.29, 0.717) is 56.3 Å². The summed E-state index contributed by atoms with van der Waals surface area (Å²) in [4.78, 5) is 31.3. The Morgan fingerprint density at radius 2 is 1.62 bits per heavy atom.